The second kappa shape index (κ2) is 7.72. The van der Waals surface area contributed by atoms with Gasteiger partial charge in [-0.25, -0.2) is 0 Å². The zero-order chi connectivity index (χ0) is 15.3. The molecule has 4 nitrogen and oxygen atoms in total. The van der Waals surface area contributed by atoms with Gasteiger partial charge >= 0.3 is 0 Å². The van der Waals surface area contributed by atoms with E-state index < -0.39 is 0 Å². The second-order valence-corrected chi connectivity index (χ2v) is 5.71. The summed E-state index contributed by atoms with van der Waals surface area (Å²) in [5.41, 5.74) is 1.04. The van der Waals surface area contributed by atoms with Gasteiger partial charge in [-0.15, -0.1) is 0 Å². The monoisotopic (exact) mass is 300 g/mol. The van der Waals surface area contributed by atoms with E-state index in [4.69, 9.17) is 16.3 Å². The predicted octanol–water partition coefficient (Wildman–Crippen LogP) is 2.83. The first-order chi connectivity index (χ1) is 9.38. The van der Waals surface area contributed by atoms with Crippen molar-refractivity contribution < 1.29 is 9.84 Å². The van der Waals surface area contributed by atoms with Gasteiger partial charge in [-0.2, -0.15) is 0 Å². The van der Waals surface area contributed by atoms with Crippen LogP contribution in [-0.4, -0.2) is 55.2 Å². The summed E-state index contributed by atoms with van der Waals surface area (Å²) in [7, 11) is 5.68. The van der Waals surface area contributed by atoms with Crippen molar-refractivity contribution in [3.63, 3.8) is 0 Å². The van der Waals surface area contributed by atoms with Crippen molar-refractivity contribution in [2.75, 3.05) is 34.3 Å². The smallest absolute Gasteiger partial charge is 0.176 e. The van der Waals surface area contributed by atoms with Gasteiger partial charge in [0.25, 0.3) is 0 Å². The Balaban J connectivity index is 2.87. The molecule has 114 valence electrons. The van der Waals surface area contributed by atoms with E-state index in [1.807, 2.05) is 6.07 Å². The summed E-state index contributed by atoms with van der Waals surface area (Å²) >= 11 is 6.03. The van der Waals surface area contributed by atoms with Gasteiger partial charge in [0.15, 0.2) is 11.5 Å². The molecule has 0 fully saturated rings. The van der Waals surface area contributed by atoms with Crippen molar-refractivity contribution in [1.82, 2.24) is 9.80 Å². The third-order valence-corrected chi connectivity index (χ3v) is 3.64. The fourth-order valence-electron chi connectivity index (χ4n) is 2.33. The first-order valence-corrected chi connectivity index (χ1v) is 7.21. The van der Waals surface area contributed by atoms with E-state index in [9.17, 15) is 5.11 Å². The Morgan fingerprint density at radius 2 is 2.00 bits per heavy atom. The van der Waals surface area contributed by atoms with Crippen molar-refractivity contribution in [1.29, 1.82) is 0 Å². The molecule has 0 saturated carbocycles. The number of ether oxygens (including phenoxy) is 1. The van der Waals surface area contributed by atoms with E-state index in [-0.39, 0.29) is 5.75 Å². The molecule has 0 amide bonds. The van der Waals surface area contributed by atoms with Gasteiger partial charge in [0, 0.05) is 19.1 Å². The lowest BCUT2D eigenvalue weighted by Gasteiger charge is -2.30. The Labute approximate surface area is 126 Å². The average molecular weight is 301 g/mol. The van der Waals surface area contributed by atoms with Crippen molar-refractivity contribution in [3.05, 3.63) is 22.7 Å². The van der Waals surface area contributed by atoms with Crippen LogP contribution < -0.4 is 4.74 Å². The van der Waals surface area contributed by atoms with Crippen molar-refractivity contribution >= 4 is 11.6 Å². The van der Waals surface area contributed by atoms with Crippen molar-refractivity contribution in [2.24, 2.45) is 0 Å². The van der Waals surface area contributed by atoms with Crippen molar-refractivity contribution in [3.8, 4) is 11.5 Å². The Kier molecular flexibility index (Phi) is 6.59. The number of hydrogen-bond donors (Lipinski definition) is 1. The molecule has 0 aliphatic rings. The Morgan fingerprint density at radius 1 is 1.35 bits per heavy atom. The van der Waals surface area contributed by atoms with Gasteiger partial charge in [0.2, 0.25) is 0 Å². The molecule has 0 aliphatic carbocycles. The first kappa shape index (κ1) is 17.1. The Bertz CT molecular complexity index is 438. The summed E-state index contributed by atoms with van der Waals surface area (Å²) < 4.78 is 5.15. The van der Waals surface area contributed by atoms with E-state index in [1.54, 1.807) is 6.07 Å². The SMILES string of the molecule is CCN(Cc1cc(Cl)c(O)c(OC)c1)C(C)CN(C)C. The number of benzene rings is 1. The van der Waals surface area contributed by atoms with Crippen LogP contribution in [0.2, 0.25) is 5.02 Å². The highest BCUT2D eigenvalue weighted by Gasteiger charge is 2.15. The highest BCUT2D eigenvalue weighted by atomic mass is 35.5. The number of hydrogen-bond acceptors (Lipinski definition) is 4. The number of methoxy groups -OCH3 is 1. The molecule has 0 radical (unpaired) electrons. The van der Waals surface area contributed by atoms with Gasteiger partial charge in [-0.3, -0.25) is 4.90 Å². The number of likely N-dealkylation sites (N-methyl/N-ethyl adjacent to an activating group) is 2. The van der Waals surface area contributed by atoms with E-state index in [2.05, 4.69) is 37.7 Å². The number of halogens is 1. The Morgan fingerprint density at radius 3 is 2.50 bits per heavy atom. The topological polar surface area (TPSA) is 35.9 Å². The number of aromatic hydroxyl groups is 1. The number of rotatable bonds is 7. The van der Waals surface area contributed by atoms with E-state index in [0.717, 1.165) is 25.2 Å². The molecular weight excluding hydrogens is 276 g/mol. The minimum atomic E-state index is 0.00213. The van der Waals surface area contributed by atoms with Crippen LogP contribution >= 0.6 is 11.6 Å². The lowest BCUT2D eigenvalue weighted by molar-refractivity contribution is 0.174. The first-order valence-electron chi connectivity index (χ1n) is 6.83. The molecule has 1 unspecified atom stereocenters. The number of nitrogens with zero attached hydrogens (tertiary/aromatic N) is 2. The summed E-state index contributed by atoms with van der Waals surface area (Å²) in [6.45, 7) is 7.09. The maximum atomic E-state index is 9.76. The van der Waals surface area contributed by atoms with Gasteiger partial charge in [0.05, 0.1) is 12.1 Å². The van der Waals surface area contributed by atoms with E-state index in [1.165, 1.54) is 7.11 Å². The van der Waals surface area contributed by atoms with Crippen LogP contribution in [0.3, 0.4) is 0 Å². The largest absolute Gasteiger partial charge is 0.503 e. The number of phenolic OH excluding ortho intramolecular Hbond substituents is 1. The molecule has 1 N–H and O–H groups in total. The zero-order valence-electron chi connectivity index (χ0n) is 13.0. The fraction of sp³-hybridized carbons (Fsp3) is 0.600. The summed E-state index contributed by atoms with van der Waals surface area (Å²) in [5, 5.41) is 10.1. The summed E-state index contributed by atoms with van der Waals surface area (Å²) in [6, 6.07) is 4.07. The standard InChI is InChI=1S/C15H25ClN2O2/c1-6-18(11(2)9-17(3)4)10-12-7-13(16)15(19)14(8-12)20-5/h7-8,11,19H,6,9-10H2,1-5H3. The van der Waals surface area contributed by atoms with Crippen LogP contribution in [0.4, 0.5) is 0 Å². The van der Waals surface area contributed by atoms with Crippen LogP contribution in [0.15, 0.2) is 12.1 Å². The quantitative estimate of drug-likeness (QED) is 0.840. The van der Waals surface area contributed by atoms with Gasteiger partial charge in [-0.05, 0) is 45.3 Å². The average Bonchev–Trinajstić information content (AvgIpc) is 2.38. The summed E-state index contributed by atoms with van der Waals surface area (Å²) in [6.07, 6.45) is 0. The molecule has 0 saturated heterocycles. The zero-order valence-corrected chi connectivity index (χ0v) is 13.7. The minimum Gasteiger partial charge on any atom is -0.503 e. The molecule has 0 spiro atoms. The predicted molar refractivity (Wildman–Crippen MR) is 83.8 cm³/mol. The molecule has 20 heavy (non-hydrogen) atoms. The number of phenols is 1. The molecule has 0 aromatic heterocycles. The second-order valence-electron chi connectivity index (χ2n) is 5.30. The Hall–Kier alpha value is -0.970. The summed E-state index contributed by atoms with van der Waals surface area (Å²) in [5.74, 6) is 0.422. The molecular formula is C15H25ClN2O2. The fourth-order valence-corrected chi connectivity index (χ4v) is 2.57. The lowest BCUT2D eigenvalue weighted by Crippen LogP contribution is -2.39. The highest BCUT2D eigenvalue weighted by Crippen LogP contribution is 2.35. The van der Waals surface area contributed by atoms with Crippen LogP contribution in [-0.2, 0) is 6.54 Å². The lowest BCUT2D eigenvalue weighted by atomic mass is 10.1. The molecule has 1 atom stereocenters. The van der Waals surface area contributed by atoms with Gasteiger partial charge in [-0.1, -0.05) is 18.5 Å². The molecule has 1 aromatic rings. The van der Waals surface area contributed by atoms with E-state index in [0.29, 0.717) is 16.8 Å². The maximum absolute atomic E-state index is 9.76. The van der Waals surface area contributed by atoms with Gasteiger partial charge in [0.1, 0.15) is 0 Å². The third-order valence-electron chi connectivity index (χ3n) is 3.35. The van der Waals surface area contributed by atoms with Crippen molar-refractivity contribution in [2.45, 2.75) is 26.4 Å². The molecule has 0 bridgehead atoms. The summed E-state index contributed by atoms with van der Waals surface area (Å²) in [4.78, 5) is 4.54. The van der Waals surface area contributed by atoms with Crippen LogP contribution in [0, 0.1) is 0 Å². The van der Waals surface area contributed by atoms with E-state index >= 15 is 0 Å². The molecule has 0 heterocycles. The van der Waals surface area contributed by atoms with Crippen LogP contribution in [0.1, 0.15) is 19.4 Å². The highest BCUT2D eigenvalue weighted by molar-refractivity contribution is 6.32. The normalized spacial score (nSPS) is 13.0. The minimum absolute atomic E-state index is 0.00213. The maximum Gasteiger partial charge on any atom is 0.176 e. The molecule has 1 aromatic carbocycles. The van der Waals surface area contributed by atoms with Crippen LogP contribution in [0.5, 0.6) is 11.5 Å². The van der Waals surface area contributed by atoms with Gasteiger partial charge < -0.3 is 14.7 Å². The third kappa shape index (κ3) is 4.54. The van der Waals surface area contributed by atoms with Crippen LogP contribution in [0.25, 0.3) is 0 Å². The molecule has 0 aliphatic heterocycles. The molecule has 5 heteroatoms. The molecule has 1 rings (SSSR count).